The molecule has 2 unspecified atom stereocenters. The van der Waals surface area contributed by atoms with Gasteiger partial charge in [-0.3, -0.25) is 0 Å². The molecule has 0 radical (unpaired) electrons. The third kappa shape index (κ3) is 9.00. The third-order valence-electron chi connectivity index (χ3n) is 7.19. The smallest absolute Gasteiger partial charge is 0.0806 e. The number of benzene rings is 3. The fourth-order valence-electron chi connectivity index (χ4n) is 4.76. The predicted molar refractivity (Wildman–Crippen MR) is 183 cm³/mol. The van der Waals surface area contributed by atoms with Gasteiger partial charge in [-0.05, 0) is 0 Å². The number of esters is 2. The van der Waals surface area contributed by atoms with Gasteiger partial charge in [-0.25, -0.2) is 0 Å². The normalized spacial score (nSPS) is 13.3. The summed E-state index contributed by atoms with van der Waals surface area (Å²) in [5.74, 6) is -2.68. The van der Waals surface area contributed by atoms with Crippen LogP contribution in [0, 0.1) is 0 Å². The van der Waals surface area contributed by atoms with E-state index in [2.05, 4.69) is 35.6 Å². The summed E-state index contributed by atoms with van der Waals surface area (Å²) in [4.78, 5) is 63.1. The van der Waals surface area contributed by atoms with Gasteiger partial charge in [-0.1, -0.05) is 0 Å². The van der Waals surface area contributed by atoms with Gasteiger partial charge in [0.2, 0.25) is 0 Å². The van der Waals surface area contributed by atoms with Crippen molar-refractivity contribution in [1.82, 2.24) is 10.6 Å². The second kappa shape index (κ2) is 16.7. The van der Waals surface area contributed by atoms with E-state index in [1.54, 1.807) is 0 Å². The molecule has 13 heteroatoms. The fourth-order valence-corrected chi connectivity index (χ4v) is 14.1. The van der Waals surface area contributed by atoms with Crippen LogP contribution in [0.1, 0.15) is 12.8 Å². The van der Waals surface area contributed by atoms with Crippen molar-refractivity contribution < 1.29 is 33.4 Å². The summed E-state index contributed by atoms with van der Waals surface area (Å²) in [5, 5.41) is 4.12. The monoisotopic (exact) mass is 717 g/mol. The molecule has 2 atom stereocenters. The van der Waals surface area contributed by atoms with E-state index in [0.717, 1.165) is 27.7 Å². The summed E-state index contributed by atoms with van der Waals surface area (Å²) in [6.45, 7) is -0.415. The van der Waals surface area contributed by atoms with Crippen molar-refractivity contribution in [3.05, 3.63) is 91.0 Å². The number of nitrogens with one attached hydrogen (secondary N) is 2. The van der Waals surface area contributed by atoms with E-state index in [1.807, 2.05) is 91.0 Å². The van der Waals surface area contributed by atoms with Gasteiger partial charge in [-0.15, -0.1) is 0 Å². The zero-order valence-corrected chi connectivity index (χ0v) is 28.3. The van der Waals surface area contributed by atoms with E-state index in [1.165, 1.54) is 14.2 Å². The molecule has 0 aliphatic heterocycles. The summed E-state index contributed by atoms with van der Waals surface area (Å²) in [5.41, 5.74) is 5.74. The van der Waals surface area contributed by atoms with Crippen molar-refractivity contribution in [3.63, 3.8) is 0 Å². The van der Waals surface area contributed by atoms with Crippen LogP contribution in [0.3, 0.4) is 0 Å². The van der Waals surface area contributed by atoms with Crippen LogP contribution >= 0.6 is 32.6 Å². The summed E-state index contributed by atoms with van der Waals surface area (Å²) in [7, 11) is 2.38. The molecular weight excluding hydrogens is 681 g/mol. The maximum absolute atomic E-state index is 14.0. The van der Waals surface area contributed by atoms with Crippen molar-refractivity contribution in [2.24, 2.45) is 5.73 Å². The Morgan fingerprint density at radius 2 is 1.31 bits per heavy atom. The van der Waals surface area contributed by atoms with E-state index < -0.39 is 47.7 Å². The topological polar surface area (TPSA) is 154 Å². The number of ether oxygens (including phenoxy) is 2. The van der Waals surface area contributed by atoms with Crippen LogP contribution in [-0.2, 0) is 33.4 Å². The molecule has 0 spiro atoms. The minimum atomic E-state index is -3.58. The number of hydrogen-bond donors (Lipinski definition) is 3. The second-order valence-electron chi connectivity index (χ2n) is 10.1. The van der Waals surface area contributed by atoms with E-state index in [4.69, 9.17) is 5.73 Å². The summed E-state index contributed by atoms with van der Waals surface area (Å²) >= 11 is 5.15. The number of thioether (sulfide) groups is 1. The molecule has 240 valence electrons. The quantitative estimate of drug-likeness (QED) is 0.159. The zero-order chi connectivity index (χ0) is 32.9. The molecule has 0 bridgehead atoms. The SMILES string of the molecule is COC(=O)CNC(=O)C(CSC(=O)CP(Br)(c1ccccc1)(c1ccccc1)c1ccccc1)NC(=O)CCC(N)C(=O)OC. The van der Waals surface area contributed by atoms with Gasteiger partial charge < -0.3 is 0 Å². The van der Waals surface area contributed by atoms with Gasteiger partial charge in [0.25, 0.3) is 0 Å². The third-order valence-corrected chi connectivity index (χ3v) is 17.8. The van der Waals surface area contributed by atoms with Crippen molar-refractivity contribution in [3.8, 4) is 0 Å². The minimum absolute atomic E-state index is 0.00941. The Bertz CT molecular complexity index is 1380. The predicted octanol–water partition coefficient (Wildman–Crippen LogP) is 2.14. The Labute approximate surface area is 274 Å². The summed E-state index contributed by atoms with van der Waals surface area (Å²) in [6.07, 6.45) is -0.0962. The van der Waals surface area contributed by atoms with E-state index in [9.17, 15) is 24.0 Å². The molecule has 3 rings (SSSR count). The Hall–Kier alpha value is -3.57. The summed E-state index contributed by atoms with van der Waals surface area (Å²) < 4.78 is 9.18. The van der Waals surface area contributed by atoms with Crippen molar-refractivity contribution in [2.75, 3.05) is 32.7 Å². The molecule has 0 saturated heterocycles. The Morgan fingerprint density at radius 1 is 0.822 bits per heavy atom. The van der Waals surface area contributed by atoms with Crippen LogP contribution in [0.25, 0.3) is 0 Å². The number of amides is 2. The minimum Gasteiger partial charge on any atom is 0.0806 e. The van der Waals surface area contributed by atoms with Crippen LogP contribution in [0.5, 0.6) is 0 Å². The van der Waals surface area contributed by atoms with Gasteiger partial charge in [0, 0.05) is 0 Å². The fraction of sp³-hybridized carbons (Fsp3) is 0.281. The van der Waals surface area contributed by atoms with Gasteiger partial charge in [0.05, 0.1) is 7.11 Å². The molecule has 3 aromatic carbocycles. The molecule has 0 aromatic heterocycles. The van der Waals surface area contributed by atoms with E-state index in [-0.39, 0.29) is 29.9 Å². The van der Waals surface area contributed by atoms with Crippen LogP contribution in [0.2, 0.25) is 0 Å². The van der Waals surface area contributed by atoms with E-state index in [0.29, 0.717) is 0 Å². The van der Waals surface area contributed by atoms with Crippen molar-refractivity contribution in [2.45, 2.75) is 24.9 Å². The molecule has 10 nitrogen and oxygen atoms in total. The number of carbonyl (C=O) groups excluding carboxylic acids is 5. The Balaban J connectivity index is 1.90. The number of rotatable bonds is 15. The average Bonchev–Trinajstić information content (AvgIpc) is 3.08. The number of carbonyl (C=O) groups is 5. The number of nitrogens with two attached hydrogens (primary N) is 1. The average molecular weight is 719 g/mol. The first kappa shape index (κ1) is 35.9. The van der Waals surface area contributed by atoms with Crippen LogP contribution in [0.4, 0.5) is 0 Å². The van der Waals surface area contributed by atoms with Gasteiger partial charge in [0.1, 0.15) is 0 Å². The molecule has 0 fully saturated rings. The van der Waals surface area contributed by atoms with Gasteiger partial charge >= 0.3 is 269 Å². The standard InChI is InChI=1S/C32H37BrN3O7PS/c1-42-29(38)20-35-31(40)27(36-28(37)19-18-26(34)32(41)43-2)22-45-30(39)21-44(33,23-12-6-3-7-13-23,24-14-8-4-9-15-24)25-16-10-5-11-17-25/h3-17,26-27H,18-22,34H2,1-2H3,(H,35,40)(H,36,37). The first-order valence-corrected chi connectivity index (χ1v) is 19.5. The number of hydrogen-bond acceptors (Lipinski definition) is 9. The van der Waals surface area contributed by atoms with Crippen LogP contribution in [0.15, 0.2) is 91.0 Å². The second-order valence-corrected chi connectivity index (χ2v) is 20.1. The van der Waals surface area contributed by atoms with E-state index >= 15 is 0 Å². The van der Waals surface area contributed by atoms with Gasteiger partial charge in [0.15, 0.2) is 0 Å². The molecule has 2 amide bonds. The van der Waals surface area contributed by atoms with Crippen LogP contribution < -0.4 is 32.3 Å². The maximum atomic E-state index is 14.0. The molecular formula is C32H37BrN3O7PS. The van der Waals surface area contributed by atoms with Crippen molar-refractivity contribution >= 4 is 77.3 Å². The first-order chi connectivity index (χ1) is 21.5. The van der Waals surface area contributed by atoms with Crippen LogP contribution in [-0.4, -0.2) is 73.6 Å². The molecule has 45 heavy (non-hydrogen) atoms. The molecule has 3 aromatic rings. The molecule has 4 N–H and O–H groups in total. The first-order valence-electron chi connectivity index (χ1n) is 14.1. The van der Waals surface area contributed by atoms with Crippen molar-refractivity contribution in [1.29, 1.82) is 0 Å². The number of halogens is 1. The van der Waals surface area contributed by atoms with Gasteiger partial charge in [-0.2, -0.15) is 0 Å². The number of methoxy groups -OCH3 is 2. The molecule has 0 aliphatic carbocycles. The Morgan fingerprint density at radius 3 is 1.76 bits per heavy atom. The zero-order valence-electron chi connectivity index (χ0n) is 25.0. The Kier molecular flexibility index (Phi) is 13.3. The molecule has 0 heterocycles. The molecule has 0 saturated carbocycles. The summed E-state index contributed by atoms with van der Waals surface area (Å²) in [6, 6.07) is 27.2. The molecule has 0 aliphatic rings.